The van der Waals surface area contributed by atoms with Crippen LogP contribution in [0.2, 0.25) is 0 Å². The third-order valence-electron chi connectivity index (χ3n) is 2.26. The van der Waals surface area contributed by atoms with Crippen LogP contribution in [-0.2, 0) is 17.7 Å². The van der Waals surface area contributed by atoms with Crippen molar-refractivity contribution in [1.29, 1.82) is 0 Å². The first-order chi connectivity index (χ1) is 6.40. The molecule has 0 fully saturated rings. The van der Waals surface area contributed by atoms with Gasteiger partial charge in [-0.05, 0) is 30.0 Å². The van der Waals surface area contributed by atoms with Crippen molar-refractivity contribution >= 4 is 11.8 Å². The van der Waals surface area contributed by atoms with E-state index in [2.05, 4.69) is 23.0 Å². The van der Waals surface area contributed by atoms with Gasteiger partial charge in [-0.1, -0.05) is 12.1 Å². The van der Waals surface area contributed by atoms with Crippen LogP contribution >= 0.6 is 11.8 Å². The van der Waals surface area contributed by atoms with Crippen LogP contribution in [0.1, 0.15) is 11.1 Å². The number of benzene rings is 1. The van der Waals surface area contributed by atoms with Gasteiger partial charge < -0.3 is 4.84 Å². The lowest BCUT2D eigenvalue weighted by molar-refractivity contribution is 0.141. The summed E-state index contributed by atoms with van der Waals surface area (Å²) in [5.74, 6) is 6.21. The van der Waals surface area contributed by atoms with Crippen LogP contribution < -0.4 is 5.90 Å². The average Bonchev–Trinajstić information content (AvgIpc) is 2.61. The molecule has 1 aromatic carbocycles. The molecule has 2 nitrogen and oxygen atoms in total. The zero-order valence-electron chi connectivity index (χ0n) is 7.45. The minimum Gasteiger partial charge on any atom is -0.304 e. The first kappa shape index (κ1) is 9.06. The summed E-state index contributed by atoms with van der Waals surface area (Å²) in [5.41, 5.74) is 2.81. The second-order valence-corrected chi connectivity index (χ2v) is 4.30. The Bertz CT molecular complexity index is 301. The van der Waals surface area contributed by atoms with Gasteiger partial charge in [-0.2, -0.15) is 0 Å². The lowest BCUT2D eigenvalue weighted by atomic mass is 10.1. The topological polar surface area (TPSA) is 35.2 Å². The molecule has 0 aromatic heterocycles. The van der Waals surface area contributed by atoms with Crippen LogP contribution in [0.4, 0.5) is 0 Å². The van der Waals surface area contributed by atoms with Gasteiger partial charge in [0.2, 0.25) is 0 Å². The molecule has 1 heterocycles. The monoisotopic (exact) mass is 195 g/mol. The summed E-state index contributed by atoms with van der Waals surface area (Å²) in [6.45, 7) is 0.603. The number of nitrogens with two attached hydrogens (primary N) is 1. The van der Waals surface area contributed by atoms with Gasteiger partial charge in [0.25, 0.3) is 0 Å². The smallest absolute Gasteiger partial charge is 0.0719 e. The standard InChI is InChI=1S/C10H13NOS/c11-12-5-3-8-1-2-10-9(7-8)4-6-13-10/h1-2,7H,3-6,11H2. The molecule has 0 saturated carbocycles. The van der Waals surface area contributed by atoms with Crippen molar-refractivity contribution in [1.82, 2.24) is 0 Å². The SMILES string of the molecule is NOCCc1ccc2c(c1)CCS2. The fraction of sp³-hybridized carbons (Fsp3) is 0.400. The molecule has 1 aromatic rings. The van der Waals surface area contributed by atoms with E-state index in [9.17, 15) is 0 Å². The molecule has 0 radical (unpaired) electrons. The van der Waals surface area contributed by atoms with Crippen molar-refractivity contribution < 1.29 is 4.84 Å². The van der Waals surface area contributed by atoms with Crippen LogP contribution in [0, 0.1) is 0 Å². The van der Waals surface area contributed by atoms with Gasteiger partial charge in [-0.15, -0.1) is 11.8 Å². The summed E-state index contributed by atoms with van der Waals surface area (Å²) in [7, 11) is 0. The summed E-state index contributed by atoms with van der Waals surface area (Å²) in [5, 5.41) is 0. The number of hydrogen-bond donors (Lipinski definition) is 1. The van der Waals surface area contributed by atoms with Crippen LogP contribution in [-0.4, -0.2) is 12.4 Å². The van der Waals surface area contributed by atoms with Crippen molar-refractivity contribution in [3.05, 3.63) is 29.3 Å². The molecule has 2 rings (SSSR count). The highest BCUT2D eigenvalue weighted by atomic mass is 32.2. The Morgan fingerprint density at radius 3 is 3.23 bits per heavy atom. The van der Waals surface area contributed by atoms with E-state index in [1.807, 2.05) is 11.8 Å². The predicted molar refractivity (Wildman–Crippen MR) is 54.7 cm³/mol. The van der Waals surface area contributed by atoms with Crippen LogP contribution in [0.5, 0.6) is 0 Å². The van der Waals surface area contributed by atoms with Gasteiger partial charge >= 0.3 is 0 Å². The van der Waals surface area contributed by atoms with Crippen molar-refractivity contribution in [3.8, 4) is 0 Å². The Hall–Kier alpha value is -0.510. The van der Waals surface area contributed by atoms with Crippen molar-refractivity contribution in [3.63, 3.8) is 0 Å². The quantitative estimate of drug-likeness (QED) is 0.746. The lowest BCUT2D eigenvalue weighted by Crippen LogP contribution is -2.03. The Morgan fingerprint density at radius 1 is 1.46 bits per heavy atom. The summed E-state index contributed by atoms with van der Waals surface area (Å²) < 4.78 is 0. The zero-order valence-corrected chi connectivity index (χ0v) is 8.27. The molecule has 1 aliphatic rings. The van der Waals surface area contributed by atoms with Crippen LogP contribution in [0.25, 0.3) is 0 Å². The van der Waals surface area contributed by atoms with Crippen molar-refractivity contribution in [2.24, 2.45) is 5.90 Å². The minimum absolute atomic E-state index is 0.603. The summed E-state index contributed by atoms with van der Waals surface area (Å²) in [6, 6.07) is 6.64. The first-order valence-electron chi connectivity index (χ1n) is 4.46. The van der Waals surface area contributed by atoms with Gasteiger partial charge in [0.05, 0.1) is 6.61 Å². The number of fused-ring (bicyclic) bond motifs is 1. The van der Waals surface area contributed by atoms with Gasteiger partial charge in [0.1, 0.15) is 0 Å². The third kappa shape index (κ3) is 2.05. The number of aryl methyl sites for hydroxylation is 1. The maximum atomic E-state index is 4.99. The molecule has 0 saturated heterocycles. The highest BCUT2D eigenvalue weighted by molar-refractivity contribution is 7.99. The third-order valence-corrected chi connectivity index (χ3v) is 3.38. The molecule has 0 unspecified atom stereocenters. The Labute approximate surface area is 82.4 Å². The average molecular weight is 195 g/mol. The summed E-state index contributed by atoms with van der Waals surface area (Å²) in [4.78, 5) is 6.00. The number of thioether (sulfide) groups is 1. The minimum atomic E-state index is 0.603. The number of hydrogen-bond acceptors (Lipinski definition) is 3. The lowest BCUT2D eigenvalue weighted by Gasteiger charge is -2.02. The van der Waals surface area contributed by atoms with E-state index in [4.69, 9.17) is 5.90 Å². The number of rotatable bonds is 3. The zero-order chi connectivity index (χ0) is 9.10. The van der Waals surface area contributed by atoms with Crippen molar-refractivity contribution in [2.45, 2.75) is 17.7 Å². The maximum absolute atomic E-state index is 4.99. The van der Waals surface area contributed by atoms with Gasteiger partial charge in [-0.25, -0.2) is 5.90 Å². The van der Waals surface area contributed by atoms with E-state index in [0.717, 1.165) is 6.42 Å². The summed E-state index contributed by atoms with van der Waals surface area (Å²) in [6.07, 6.45) is 2.12. The molecular formula is C10H13NOS. The van der Waals surface area contributed by atoms with Gasteiger partial charge in [0.15, 0.2) is 0 Å². The highest BCUT2D eigenvalue weighted by Crippen LogP contribution is 2.31. The molecular weight excluding hydrogens is 182 g/mol. The highest BCUT2D eigenvalue weighted by Gasteiger charge is 2.10. The van der Waals surface area contributed by atoms with E-state index in [0.29, 0.717) is 6.61 Å². The molecule has 2 N–H and O–H groups in total. The predicted octanol–water partition coefficient (Wildman–Crippen LogP) is 1.77. The Morgan fingerprint density at radius 2 is 2.38 bits per heavy atom. The Kier molecular flexibility index (Phi) is 2.88. The molecule has 70 valence electrons. The van der Waals surface area contributed by atoms with Gasteiger partial charge in [-0.3, -0.25) is 0 Å². The maximum Gasteiger partial charge on any atom is 0.0719 e. The second-order valence-electron chi connectivity index (χ2n) is 3.16. The van der Waals surface area contributed by atoms with Crippen LogP contribution in [0.15, 0.2) is 23.1 Å². The largest absolute Gasteiger partial charge is 0.304 e. The molecule has 1 aliphatic heterocycles. The fourth-order valence-electron chi connectivity index (χ4n) is 1.57. The summed E-state index contributed by atoms with van der Waals surface area (Å²) >= 11 is 1.94. The van der Waals surface area contributed by atoms with Crippen molar-refractivity contribution in [2.75, 3.05) is 12.4 Å². The molecule has 13 heavy (non-hydrogen) atoms. The Balaban J connectivity index is 2.12. The molecule has 0 amide bonds. The fourth-order valence-corrected chi connectivity index (χ4v) is 2.62. The van der Waals surface area contributed by atoms with E-state index >= 15 is 0 Å². The van der Waals surface area contributed by atoms with Gasteiger partial charge in [0, 0.05) is 10.6 Å². The van der Waals surface area contributed by atoms with E-state index in [-0.39, 0.29) is 0 Å². The van der Waals surface area contributed by atoms with E-state index < -0.39 is 0 Å². The molecule has 0 spiro atoms. The first-order valence-corrected chi connectivity index (χ1v) is 5.45. The molecule has 0 bridgehead atoms. The van der Waals surface area contributed by atoms with Crippen LogP contribution in [0.3, 0.4) is 0 Å². The molecule has 0 aliphatic carbocycles. The second kappa shape index (κ2) is 4.13. The molecule has 0 atom stereocenters. The normalized spacial score (nSPS) is 14.5. The van der Waals surface area contributed by atoms with E-state index in [1.54, 1.807) is 0 Å². The molecule has 3 heteroatoms. The van der Waals surface area contributed by atoms with E-state index in [1.165, 1.54) is 28.2 Å².